The molecule has 20 heavy (non-hydrogen) atoms. The van der Waals surface area contributed by atoms with Gasteiger partial charge in [0.15, 0.2) is 5.82 Å². The third-order valence-corrected chi connectivity index (χ3v) is 5.22. The maximum Gasteiger partial charge on any atom is 0.234 e. The number of fused-ring (bicyclic) bond motifs is 1. The van der Waals surface area contributed by atoms with Crippen molar-refractivity contribution >= 4 is 39.0 Å². The van der Waals surface area contributed by atoms with Gasteiger partial charge in [0.2, 0.25) is 4.96 Å². The summed E-state index contributed by atoms with van der Waals surface area (Å²) >= 11 is 4.88. The molecule has 5 nitrogen and oxygen atoms in total. The fourth-order valence-corrected chi connectivity index (χ4v) is 4.04. The molecule has 4 aromatic rings. The van der Waals surface area contributed by atoms with Crippen LogP contribution in [0.3, 0.4) is 0 Å². The van der Waals surface area contributed by atoms with E-state index in [0.717, 1.165) is 38.5 Å². The van der Waals surface area contributed by atoms with Gasteiger partial charge in [0, 0.05) is 22.7 Å². The van der Waals surface area contributed by atoms with Crippen LogP contribution in [0.25, 0.3) is 16.3 Å². The van der Waals surface area contributed by atoms with Crippen LogP contribution in [0.1, 0.15) is 15.7 Å². The van der Waals surface area contributed by atoms with E-state index in [1.165, 1.54) is 0 Å². The Balaban J connectivity index is 1.72. The Labute approximate surface area is 126 Å². The molecule has 0 unspecified atom stereocenters. The lowest BCUT2D eigenvalue weighted by atomic mass is 10.3. The van der Waals surface area contributed by atoms with Gasteiger partial charge in [-0.1, -0.05) is 11.3 Å². The standard InChI is InChI=1S/C12H9N5S3/c1-7-13-9(6-19-7)4-10-16-17-11(8-2-3-18-5-8)14-15-12(17)20-10/h2-3,5-6H,4H2,1H3. The van der Waals surface area contributed by atoms with Crippen molar-refractivity contribution in [2.45, 2.75) is 13.3 Å². The first-order valence-electron chi connectivity index (χ1n) is 5.94. The molecule has 0 aliphatic rings. The van der Waals surface area contributed by atoms with Gasteiger partial charge in [0.05, 0.1) is 10.7 Å². The third-order valence-electron chi connectivity index (χ3n) is 2.81. The van der Waals surface area contributed by atoms with Crippen molar-refractivity contribution in [2.75, 3.05) is 0 Å². The van der Waals surface area contributed by atoms with E-state index in [1.807, 2.05) is 22.9 Å². The fraction of sp³-hybridized carbons (Fsp3) is 0.167. The molecule has 0 saturated heterocycles. The normalized spacial score (nSPS) is 11.4. The van der Waals surface area contributed by atoms with Crippen molar-refractivity contribution in [3.8, 4) is 11.4 Å². The molecule has 0 atom stereocenters. The first-order chi connectivity index (χ1) is 9.79. The summed E-state index contributed by atoms with van der Waals surface area (Å²) in [4.78, 5) is 5.30. The van der Waals surface area contributed by atoms with E-state index in [4.69, 9.17) is 0 Å². The van der Waals surface area contributed by atoms with Crippen LogP contribution in [0.2, 0.25) is 0 Å². The lowest BCUT2D eigenvalue weighted by Gasteiger charge is -1.91. The van der Waals surface area contributed by atoms with Crippen molar-refractivity contribution in [3.63, 3.8) is 0 Å². The molecule has 4 rings (SSSR count). The van der Waals surface area contributed by atoms with E-state index in [1.54, 1.807) is 34.0 Å². The predicted octanol–water partition coefficient (Wildman–Crippen LogP) is 3.27. The Bertz CT molecular complexity index is 855. The average Bonchev–Trinajstić information content (AvgIpc) is 3.13. The maximum absolute atomic E-state index is 4.61. The summed E-state index contributed by atoms with van der Waals surface area (Å²) in [6.45, 7) is 2.02. The lowest BCUT2D eigenvalue weighted by Crippen LogP contribution is -1.93. The van der Waals surface area contributed by atoms with Crippen molar-refractivity contribution in [2.24, 2.45) is 0 Å². The molecule has 0 N–H and O–H groups in total. The fourth-order valence-electron chi connectivity index (χ4n) is 1.94. The molecular weight excluding hydrogens is 310 g/mol. The quantitative estimate of drug-likeness (QED) is 0.581. The first-order valence-corrected chi connectivity index (χ1v) is 8.58. The van der Waals surface area contributed by atoms with Crippen LogP contribution in [0.4, 0.5) is 0 Å². The Kier molecular flexibility index (Phi) is 2.86. The van der Waals surface area contributed by atoms with E-state index >= 15 is 0 Å². The summed E-state index contributed by atoms with van der Waals surface area (Å²) in [6, 6.07) is 2.03. The number of thiazole rings is 1. The minimum Gasteiger partial charge on any atom is -0.246 e. The highest BCUT2D eigenvalue weighted by Gasteiger charge is 2.14. The van der Waals surface area contributed by atoms with E-state index in [2.05, 4.69) is 31.0 Å². The number of aryl methyl sites for hydroxylation is 1. The van der Waals surface area contributed by atoms with Crippen LogP contribution >= 0.6 is 34.0 Å². The van der Waals surface area contributed by atoms with E-state index in [-0.39, 0.29) is 0 Å². The highest BCUT2D eigenvalue weighted by atomic mass is 32.1. The van der Waals surface area contributed by atoms with Crippen LogP contribution in [0.15, 0.2) is 22.2 Å². The van der Waals surface area contributed by atoms with Crippen molar-refractivity contribution in [1.29, 1.82) is 0 Å². The molecule has 0 aliphatic heterocycles. The predicted molar refractivity (Wildman–Crippen MR) is 81.6 cm³/mol. The topological polar surface area (TPSA) is 56.0 Å². The summed E-state index contributed by atoms with van der Waals surface area (Å²) in [5, 5.41) is 21.3. The molecule has 0 bridgehead atoms. The Morgan fingerprint density at radius 1 is 1.25 bits per heavy atom. The molecule has 0 saturated carbocycles. The van der Waals surface area contributed by atoms with Gasteiger partial charge >= 0.3 is 0 Å². The van der Waals surface area contributed by atoms with Crippen LogP contribution in [0, 0.1) is 6.92 Å². The molecule has 0 fully saturated rings. The smallest absolute Gasteiger partial charge is 0.234 e. The highest BCUT2D eigenvalue weighted by molar-refractivity contribution is 7.16. The molecule has 4 heterocycles. The number of hydrogen-bond donors (Lipinski definition) is 0. The van der Waals surface area contributed by atoms with Crippen LogP contribution < -0.4 is 0 Å². The van der Waals surface area contributed by atoms with Crippen molar-refractivity contribution < 1.29 is 0 Å². The van der Waals surface area contributed by atoms with Gasteiger partial charge in [-0.15, -0.1) is 21.5 Å². The molecule has 0 amide bonds. The third kappa shape index (κ3) is 2.05. The Morgan fingerprint density at radius 2 is 2.20 bits per heavy atom. The first kappa shape index (κ1) is 12.1. The lowest BCUT2D eigenvalue weighted by molar-refractivity contribution is 0.909. The summed E-state index contributed by atoms with van der Waals surface area (Å²) in [5.41, 5.74) is 2.12. The Morgan fingerprint density at radius 3 is 2.95 bits per heavy atom. The van der Waals surface area contributed by atoms with Gasteiger partial charge in [-0.2, -0.15) is 21.0 Å². The number of nitrogens with zero attached hydrogens (tertiary/aromatic N) is 5. The number of aromatic nitrogens is 5. The number of thiophene rings is 1. The Hall–Kier alpha value is -1.64. The number of hydrogen-bond acceptors (Lipinski definition) is 7. The molecule has 0 aliphatic carbocycles. The molecule has 0 spiro atoms. The molecule has 100 valence electrons. The second-order valence-electron chi connectivity index (χ2n) is 4.26. The van der Waals surface area contributed by atoms with E-state index < -0.39 is 0 Å². The molecule has 8 heteroatoms. The minimum atomic E-state index is 0.751. The van der Waals surface area contributed by atoms with Crippen molar-refractivity contribution in [1.82, 2.24) is 24.8 Å². The monoisotopic (exact) mass is 319 g/mol. The van der Waals surface area contributed by atoms with E-state index in [9.17, 15) is 0 Å². The highest BCUT2D eigenvalue weighted by Crippen LogP contribution is 2.24. The largest absolute Gasteiger partial charge is 0.246 e. The SMILES string of the molecule is Cc1nc(Cc2nn3c(-c4ccsc4)nnc3s2)cs1. The summed E-state index contributed by atoms with van der Waals surface area (Å²) in [5.74, 6) is 0.804. The van der Waals surface area contributed by atoms with Gasteiger partial charge in [0.1, 0.15) is 5.01 Å². The van der Waals surface area contributed by atoms with Gasteiger partial charge in [-0.25, -0.2) is 4.98 Å². The van der Waals surface area contributed by atoms with Gasteiger partial charge in [-0.05, 0) is 18.4 Å². The average molecular weight is 319 g/mol. The molecule has 0 aromatic carbocycles. The zero-order valence-corrected chi connectivity index (χ0v) is 12.9. The van der Waals surface area contributed by atoms with Gasteiger partial charge < -0.3 is 0 Å². The minimum absolute atomic E-state index is 0.751. The van der Waals surface area contributed by atoms with Gasteiger partial charge in [0.25, 0.3) is 0 Å². The summed E-state index contributed by atoms with van der Waals surface area (Å²) < 4.78 is 1.82. The van der Waals surface area contributed by atoms with Crippen LogP contribution in [-0.4, -0.2) is 24.8 Å². The van der Waals surface area contributed by atoms with Crippen molar-refractivity contribution in [3.05, 3.63) is 37.9 Å². The second-order valence-corrected chi connectivity index (χ2v) is 7.14. The molecular formula is C12H9N5S3. The maximum atomic E-state index is 4.61. The zero-order chi connectivity index (χ0) is 13.5. The second kappa shape index (κ2) is 4.72. The summed E-state index contributed by atoms with van der Waals surface area (Å²) in [6.07, 6.45) is 0.751. The van der Waals surface area contributed by atoms with Crippen LogP contribution in [0.5, 0.6) is 0 Å². The van der Waals surface area contributed by atoms with E-state index in [0.29, 0.717) is 0 Å². The number of rotatable bonds is 3. The van der Waals surface area contributed by atoms with Crippen LogP contribution in [-0.2, 0) is 6.42 Å². The zero-order valence-electron chi connectivity index (χ0n) is 10.5. The molecule has 0 radical (unpaired) electrons. The molecule has 4 aromatic heterocycles. The van der Waals surface area contributed by atoms with Gasteiger partial charge in [-0.3, -0.25) is 0 Å². The summed E-state index contributed by atoms with van der Waals surface area (Å²) in [7, 11) is 0.